The Labute approximate surface area is 224 Å². The van der Waals surface area contributed by atoms with Crippen LogP contribution in [0.3, 0.4) is 0 Å². The number of alkyl halides is 2. The Kier molecular flexibility index (Phi) is 9.16. The fourth-order valence-corrected chi connectivity index (χ4v) is 4.55. The average molecular weight is 550 g/mol. The molecule has 210 valence electrons. The van der Waals surface area contributed by atoms with Crippen molar-refractivity contribution < 1.29 is 31.8 Å². The molecule has 1 saturated heterocycles. The van der Waals surface area contributed by atoms with Crippen LogP contribution < -0.4 is 9.64 Å². The highest BCUT2D eigenvalue weighted by Gasteiger charge is 2.28. The van der Waals surface area contributed by atoms with Crippen molar-refractivity contribution in [3.8, 4) is 5.75 Å². The number of carbonyl (C=O) groups is 1. The van der Waals surface area contributed by atoms with Gasteiger partial charge in [0.1, 0.15) is 17.6 Å². The van der Waals surface area contributed by atoms with Gasteiger partial charge < -0.3 is 19.3 Å². The zero-order valence-corrected chi connectivity index (χ0v) is 22.0. The van der Waals surface area contributed by atoms with E-state index >= 15 is 0 Å². The van der Waals surface area contributed by atoms with Gasteiger partial charge in [-0.1, -0.05) is 0 Å². The van der Waals surface area contributed by atoms with Crippen molar-refractivity contribution >= 4 is 23.5 Å². The van der Waals surface area contributed by atoms with E-state index < -0.39 is 24.3 Å². The van der Waals surface area contributed by atoms with Crippen LogP contribution in [0.2, 0.25) is 0 Å². The summed E-state index contributed by atoms with van der Waals surface area (Å²) in [5, 5.41) is 0. The largest absolute Gasteiger partial charge is 0.487 e. The Hall–Kier alpha value is -3.54. The molecule has 1 aromatic heterocycles. The van der Waals surface area contributed by atoms with Crippen LogP contribution in [0.1, 0.15) is 50.7 Å². The van der Waals surface area contributed by atoms with Crippen LogP contribution in [0.15, 0.2) is 29.4 Å². The second-order valence-electron chi connectivity index (χ2n) is 9.57. The molecular formula is C27H31F4N5O3. The maximum absolute atomic E-state index is 14.1. The third-order valence-corrected chi connectivity index (χ3v) is 6.62. The molecule has 12 heteroatoms. The Morgan fingerprint density at radius 3 is 2.54 bits per heavy atom. The van der Waals surface area contributed by atoms with Gasteiger partial charge in [0.25, 0.3) is 0 Å². The van der Waals surface area contributed by atoms with E-state index in [9.17, 15) is 22.4 Å². The minimum Gasteiger partial charge on any atom is -0.487 e. The van der Waals surface area contributed by atoms with Gasteiger partial charge in [0.05, 0.1) is 24.0 Å². The number of amides is 1. The van der Waals surface area contributed by atoms with Gasteiger partial charge in [-0.2, -0.15) is 8.78 Å². The second-order valence-corrected chi connectivity index (χ2v) is 9.57. The molecule has 1 atom stereocenters. The molecule has 0 N–H and O–H groups in total. The fraction of sp³-hybridized carbons (Fsp3) is 0.481. The molecule has 3 heterocycles. The molecule has 4 rings (SSSR count). The smallest absolute Gasteiger partial charge is 0.345 e. The SMILES string of the molecule is CC(=O)N1CCc2nc(N3CCC(Oc4ccc(F)cc4F)CC3)c(/C(C)=C/N=CC(C)OC(F)F)nc2C1. The number of rotatable bonds is 8. The minimum absolute atomic E-state index is 0.0147. The minimum atomic E-state index is -2.90. The van der Waals surface area contributed by atoms with Gasteiger partial charge in [0.2, 0.25) is 5.91 Å². The van der Waals surface area contributed by atoms with E-state index in [0.29, 0.717) is 68.2 Å². The van der Waals surface area contributed by atoms with E-state index in [2.05, 4.69) is 14.6 Å². The number of halogens is 4. The molecule has 1 unspecified atom stereocenters. The Morgan fingerprint density at radius 2 is 1.87 bits per heavy atom. The van der Waals surface area contributed by atoms with Gasteiger partial charge in [0.15, 0.2) is 17.4 Å². The molecule has 0 radical (unpaired) electrons. The number of aliphatic imine (C=N–C) groups is 1. The molecule has 0 bridgehead atoms. The molecular weight excluding hydrogens is 518 g/mol. The predicted octanol–water partition coefficient (Wildman–Crippen LogP) is 4.77. The molecule has 1 aromatic carbocycles. The summed E-state index contributed by atoms with van der Waals surface area (Å²) in [7, 11) is 0. The molecule has 0 saturated carbocycles. The molecule has 1 amide bonds. The lowest BCUT2D eigenvalue weighted by atomic mass is 10.1. The zero-order chi connectivity index (χ0) is 28.1. The van der Waals surface area contributed by atoms with E-state index in [1.54, 1.807) is 11.8 Å². The molecule has 2 aliphatic rings. The van der Waals surface area contributed by atoms with Crippen LogP contribution in [0, 0.1) is 11.6 Å². The van der Waals surface area contributed by atoms with Crippen molar-refractivity contribution in [1.82, 2.24) is 14.9 Å². The van der Waals surface area contributed by atoms with Gasteiger partial charge >= 0.3 is 6.61 Å². The Balaban J connectivity index is 1.55. The molecule has 2 aliphatic heterocycles. The first kappa shape index (κ1) is 28.5. The summed E-state index contributed by atoms with van der Waals surface area (Å²) in [5.41, 5.74) is 2.75. The molecule has 8 nitrogen and oxygen atoms in total. The number of benzene rings is 1. The number of allylic oxidation sites excluding steroid dienone is 1. The molecule has 0 spiro atoms. The van der Waals surface area contributed by atoms with E-state index in [4.69, 9.17) is 14.7 Å². The number of nitrogens with zero attached hydrogens (tertiary/aromatic N) is 5. The maximum atomic E-state index is 14.1. The summed E-state index contributed by atoms with van der Waals surface area (Å²) in [5.74, 6) is -0.784. The molecule has 39 heavy (non-hydrogen) atoms. The van der Waals surface area contributed by atoms with Gasteiger partial charge in [0, 0.05) is 64.3 Å². The Bertz CT molecular complexity index is 1250. The summed E-state index contributed by atoms with van der Waals surface area (Å²) in [6.07, 6.45) is 3.39. The van der Waals surface area contributed by atoms with Crippen molar-refractivity contribution in [2.45, 2.75) is 65.4 Å². The number of ether oxygens (including phenoxy) is 2. The average Bonchev–Trinajstić information content (AvgIpc) is 2.89. The van der Waals surface area contributed by atoms with Crippen molar-refractivity contribution in [2.24, 2.45) is 4.99 Å². The monoisotopic (exact) mass is 549 g/mol. The standard InChI is InChI=1S/C27H31F4N5O3/c1-16(13-32-14-17(2)38-27(30)31)25-26(34-22-8-11-36(18(3)37)15-23(22)33-25)35-9-6-20(7-10-35)39-24-5-4-19(28)12-21(24)29/h4-5,12-14,17,20,27H,6-11,15H2,1-3H3/b16-13+,32-14?. The maximum Gasteiger partial charge on any atom is 0.345 e. The topological polar surface area (TPSA) is 80.2 Å². The van der Waals surface area contributed by atoms with Crippen LogP contribution in [-0.2, 0) is 22.5 Å². The normalized spacial score (nSPS) is 17.6. The molecule has 0 aliphatic carbocycles. The van der Waals surface area contributed by atoms with Crippen LogP contribution in [0.25, 0.3) is 5.57 Å². The Morgan fingerprint density at radius 1 is 1.13 bits per heavy atom. The summed E-state index contributed by atoms with van der Waals surface area (Å²) >= 11 is 0. The first-order valence-corrected chi connectivity index (χ1v) is 12.8. The van der Waals surface area contributed by atoms with E-state index in [1.807, 2.05) is 0 Å². The van der Waals surface area contributed by atoms with Crippen LogP contribution >= 0.6 is 0 Å². The lowest BCUT2D eigenvalue weighted by molar-refractivity contribution is -0.139. The highest BCUT2D eigenvalue weighted by atomic mass is 19.3. The summed E-state index contributed by atoms with van der Waals surface area (Å²) in [4.78, 5) is 29.7. The highest BCUT2D eigenvalue weighted by Crippen LogP contribution is 2.31. The van der Waals surface area contributed by atoms with Gasteiger partial charge in [-0.15, -0.1) is 0 Å². The lowest BCUT2D eigenvalue weighted by Crippen LogP contribution is -2.40. The van der Waals surface area contributed by atoms with Crippen LogP contribution in [0.5, 0.6) is 5.75 Å². The van der Waals surface area contributed by atoms with Gasteiger partial charge in [-0.3, -0.25) is 9.79 Å². The summed E-state index contributed by atoms with van der Waals surface area (Å²) < 4.78 is 62.3. The van der Waals surface area contributed by atoms with Gasteiger partial charge in [-0.05, 0) is 31.6 Å². The first-order valence-electron chi connectivity index (χ1n) is 12.8. The predicted molar refractivity (Wildman–Crippen MR) is 138 cm³/mol. The van der Waals surface area contributed by atoms with E-state index in [0.717, 1.165) is 17.8 Å². The molecule has 2 aromatic rings. The number of fused-ring (bicyclic) bond motifs is 1. The quantitative estimate of drug-likeness (QED) is 0.349. The lowest BCUT2D eigenvalue weighted by Gasteiger charge is -2.35. The highest BCUT2D eigenvalue weighted by molar-refractivity contribution is 5.75. The van der Waals surface area contributed by atoms with Crippen LogP contribution in [-0.4, -0.2) is 65.4 Å². The number of piperidine rings is 1. The number of aromatic nitrogens is 2. The number of carbonyl (C=O) groups excluding carboxylic acids is 1. The summed E-state index contributed by atoms with van der Waals surface area (Å²) in [6.45, 7) is 3.89. The third kappa shape index (κ3) is 7.31. The van der Waals surface area contributed by atoms with Crippen molar-refractivity contribution in [2.75, 3.05) is 24.5 Å². The van der Waals surface area contributed by atoms with Crippen LogP contribution in [0.4, 0.5) is 23.4 Å². The van der Waals surface area contributed by atoms with E-state index in [-0.39, 0.29) is 17.8 Å². The number of anilines is 1. The van der Waals surface area contributed by atoms with Crippen molar-refractivity contribution in [3.63, 3.8) is 0 Å². The zero-order valence-electron chi connectivity index (χ0n) is 22.0. The first-order chi connectivity index (χ1) is 18.6. The fourth-order valence-electron chi connectivity index (χ4n) is 4.55. The van der Waals surface area contributed by atoms with Gasteiger partial charge in [-0.25, -0.2) is 18.7 Å². The summed E-state index contributed by atoms with van der Waals surface area (Å²) in [6, 6.07) is 3.24. The number of hydrogen-bond donors (Lipinski definition) is 0. The van der Waals surface area contributed by atoms with Crippen molar-refractivity contribution in [1.29, 1.82) is 0 Å². The number of hydrogen-bond acceptors (Lipinski definition) is 7. The van der Waals surface area contributed by atoms with E-state index in [1.165, 1.54) is 32.3 Å². The third-order valence-electron chi connectivity index (χ3n) is 6.62. The van der Waals surface area contributed by atoms with Crippen molar-refractivity contribution in [3.05, 3.63) is 53.1 Å². The molecule has 1 fully saturated rings. The second kappa shape index (κ2) is 12.5.